The number of allylic oxidation sites excluding steroid dienone is 1. The first-order valence-corrected chi connectivity index (χ1v) is 16.8. The fourth-order valence-corrected chi connectivity index (χ4v) is 19.0. The second kappa shape index (κ2) is 6.35. The Labute approximate surface area is 131 Å². The molecular formula is C15H27ClNPSi2. The molecule has 0 heterocycles. The van der Waals surface area contributed by atoms with Crippen LogP contribution in [0.3, 0.4) is 0 Å². The summed E-state index contributed by atoms with van der Waals surface area (Å²) in [4.78, 5) is 0. The maximum Gasteiger partial charge on any atom is 0.172 e. The molecule has 5 heteroatoms. The number of hydrogen-bond donors (Lipinski definition) is 0. The van der Waals surface area contributed by atoms with Crippen LogP contribution in [0.4, 0.5) is 0 Å². The summed E-state index contributed by atoms with van der Waals surface area (Å²) in [5.41, 5.74) is 0. The zero-order valence-corrected chi connectivity index (χ0v) is 17.2. The van der Waals surface area contributed by atoms with Crippen LogP contribution in [0.1, 0.15) is 0 Å². The second-order valence-corrected chi connectivity index (χ2v) is 22.1. The van der Waals surface area contributed by atoms with Gasteiger partial charge < -0.3 is 4.41 Å². The van der Waals surface area contributed by atoms with Crippen molar-refractivity contribution in [3.8, 4) is 0 Å². The maximum atomic E-state index is 7.24. The smallest absolute Gasteiger partial charge is 0.172 e. The minimum atomic E-state index is -2.07. The lowest BCUT2D eigenvalue weighted by molar-refractivity contribution is 1.42. The van der Waals surface area contributed by atoms with Crippen molar-refractivity contribution >= 4 is 39.3 Å². The van der Waals surface area contributed by atoms with E-state index in [9.17, 15) is 0 Å². The molecule has 0 saturated carbocycles. The van der Waals surface area contributed by atoms with Crippen molar-refractivity contribution in [1.29, 1.82) is 0 Å². The Morgan fingerprint density at radius 2 is 1.60 bits per heavy atom. The molecule has 112 valence electrons. The van der Waals surface area contributed by atoms with Gasteiger partial charge in [-0.3, -0.25) is 0 Å². The summed E-state index contributed by atoms with van der Waals surface area (Å²) in [6.07, 6.45) is 0.000779. The lowest BCUT2D eigenvalue weighted by Crippen LogP contribution is -2.38. The molecule has 1 nitrogen and oxygen atoms in total. The standard InChI is InChI=1S/C15H27ClNPSi2/c1-8-15(19(2,3)4)18(16,17-20(5,6)7)14-12-10-9-11-13-14/h8-13,15H,1H2,2-7H3. The Hall–Kier alpha value is -0.0862. The molecule has 1 aromatic rings. The Morgan fingerprint density at radius 3 is 1.95 bits per heavy atom. The highest BCUT2D eigenvalue weighted by molar-refractivity contribution is 7.99. The van der Waals surface area contributed by atoms with E-state index in [1.807, 2.05) is 6.07 Å². The zero-order valence-electron chi connectivity index (χ0n) is 13.5. The van der Waals surface area contributed by atoms with Gasteiger partial charge in [0, 0.05) is 10.6 Å². The van der Waals surface area contributed by atoms with E-state index in [1.54, 1.807) is 0 Å². The van der Waals surface area contributed by atoms with E-state index >= 15 is 0 Å². The van der Waals surface area contributed by atoms with E-state index in [4.69, 9.17) is 15.7 Å². The lowest BCUT2D eigenvalue weighted by Gasteiger charge is -2.36. The summed E-state index contributed by atoms with van der Waals surface area (Å²) in [6, 6.07) is 10.5. The van der Waals surface area contributed by atoms with Gasteiger partial charge in [0.25, 0.3) is 0 Å². The minimum absolute atomic E-state index is 0.325. The molecule has 0 aliphatic rings. The molecule has 2 unspecified atom stereocenters. The van der Waals surface area contributed by atoms with Crippen LogP contribution in [0.25, 0.3) is 0 Å². The summed E-state index contributed by atoms with van der Waals surface area (Å²) in [7, 11) is -3.09. The average molecular weight is 344 g/mol. The number of benzene rings is 1. The summed E-state index contributed by atoms with van der Waals surface area (Å²) >= 11 is 7.24. The van der Waals surface area contributed by atoms with Gasteiger partial charge in [-0.2, -0.15) is 0 Å². The SMILES string of the molecule is C=CC([Si](C)(C)C)P(Cl)(=N[Si](C)(C)C)c1ccccc1. The van der Waals surface area contributed by atoms with E-state index < -0.39 is 22.7 Å². The summed E-state index contributed by atoms with van der Waals surface area (Å²) in [5.74, 6) is 0. The molecular weight excluding hydrogens is 317 g/mol. The van der Waals surface area contributed by atoms with Crippen LogP contribution in [0.2, 0.25) is 39.3 Å². The van der Waals surface area contributed by atoms with Crippen LogP contribution in [-0.2, 0) is 0 Å². The number of hydrogen-bond acceptors (Lipinski definition) is 1. The quantitative estimate of drug-likeness (QED) is 0.356. The summed E-state index contributed by atoms with van der Waals surface area (Å²) in [5, 5.41) is 1.53. The predicted octanol–water partition coefficient (Wildman–Crippen LogP) is 5.93. The number of nitrogens with zero attached hydrogens (tertiary/aromatic N) is 1. The molecule has 2 atom stereocenters. The molecule has 0 radical (unpaired) electrons. The molecule has 0 amide bonds. The average Bonchev–Trinajstić information content (AvgIpc) is 2.26. The van der Waals surface area contributed by atoms with Crippen molar-refractivity contribution in [1.82, 2.24) is 0 Å². The predicted molar refractivity (Wildman–Crippen MR) is 102 cm³/mol. The molecule has 0 fully saturated rings. The summed E-state index contributed by atoms with van der Waals surface area (Å²) < 4.78 is 5.23. The minimum Gasteiger partial charge on any atom is -0.320 e. The van der Waals surface area contributed by atoms with Crippen LogP contribution in [0.15, 0.2) is 47.4 Å². The van der Waals surface area contributed by atoms with Gasteiger partial charge in [-0.1, -0.05) is 86.9 Å². The van der Waals surface area contributed by atoms with Gasteiger partial charge in [-0.05, 0) is 0 Å². The van der Waals surface area contributed by atoms with E-state index in [0.29, 0.717) is 5.28 Å². The zero-order chi connectivity index (χ0) is 15.6. The Balaban J connectivity index is 3.60. The van der Waals surface area contributed by atoms with Crippen LogP contribution in [0.5, 0.6) is 0 Å². The molecule has 0 aliphatic heterocycles. The number of halogens is 1. The molecule has 0 aromatic heterocycles. The van der Waals surface area contributed by atoms with Gasteiger partial charge >= 0.3 is 0 Å². The van der Waals surface area contributed by atoms with E-state index in [1.165, 1.54) is 5.30 Å². The molecule has 20 heavy (non-hydrogen) atoms. The highest BCUT2D eigenvalue weighted by atomic mass is 35.7. The van der Waals surface area contributed by atoms with Gasteiger partial charge in [0.05, 0.1) is 14.5 Å². The molecule has 1 rings (SSSR count). The first-order chi connectivity index (χ1) is 9.00. The van der Waals surface area contributed by atoms with Crippen molar-refractivity contribution in [2.75, 3.05) is 0 Å². The fraction of sp³-hybridized carbons (Fsp3) is 0.467. The normalized spacial score (nSPS) is 17.1. The first-order valence-electron chi connectivity index (χ1n) is 7.02. The highest BCUT2D eigenvalue weighted by Gasteiger charge is 2.38. The largest absolute Gasteiger partial charge is 0.320 e. The van der Waals surface area contributed by atoms with Gasteiger partial charge in [0.2, 0.25) is 0 Å². The maximum absolute atomic E-state index is 7.24. The van der Waals surface area contributed by atoms with Gasteiger partial charge in [0.15, 0.2) is 8.24 Å². The first kappa shape index (κ1) is 18.0. The Bertz CT molecular complexity index is 515. The summed E-state index contributed by atoms with van der Waals surface area (Å²) in [6.45, 7) is 17.9. The van der Waals surface area contributed by atoms with Crippen LogP contribution in [-0.4, -0.2) is 21.6 Å². The van der Waals surface area contributed by atoms with Gasteiger partial charge in [-0.25, -0.2) is 0 Å². The van der Waals surface area contributed by atoms with Gasteiger partial charge in [-0.15, -0.1) is 6.58 Å². The molecule has 0 aliphatic carbocycles. The molecule has 0 bridgehead atoms. The van der Waals surface area contributed by atoms with E-state index in [2.05, 4.69) is 76.2 Å². The molecule has 0 N–H and O–H groups in total. The number of rotatable bonds is 5. The van der Waals surface area contributed by atoms with Crippen molar-refractivity contribution in [2.24, 2.45) is 4.41 Å². The van der Waals surface area contributed by atoms with E-state index in [-0.39, 0.29) is 0 Å². The molecule has 0 spiro atoms. The highest BCUT2D eigenvalue weighted by Crippen LogP contribution is 2.62. The third-order valence-corrected chi connectivity index (χ3v) is 16.4. The van der Waals surface area contributed by atoms with Crippen LogP contribution >= 0.6 is 17.6 Å². The topological polar surface area (TPSA) is 12.4 Å². The van der Waals surface area contributed by atoms with Crippen molar-refractivity contribution in [3.05, 3.63) is 43.0 Å². The third kappa shape index (κ3) is 4.46. The Kier molecular flexibility index (Phi) is 5.70. The fourth-order valence-electron chi connectivity index (χ4n) is 2.36. The van der Waals surface area contributed by atoms with E-state index in [0.717, 1.165) is 0 Å². The Morgan fingerprint density at radius 1 is 1.10 bits per heavy atom. The van der Waals surface area contributed by atoms with Crippen molar-refractivity contribution in [2.45, 2.75) is 44.6 Å². The molecule has 1 aromatic carbocycles. The van der Waals surface area contributed by atoms with Crippen LogP contribution < -0.4 is 5.30 Å². The van der Waals surface area contributed by atoms with Crippen molar-refractivity contribution in [3.63, 3.8) is 0 Å². The third-order valence-electron chi connectivity index (χ3n) is 3.04. The molecule has 0 saturated heterocycles. The monoisotopic (exact) mass is 343 g/mol. The van der Waals surface area contributed by atoms with Gasteiger partial charge in [0.1, 0.15) is 0 Å². The lowest BCUT2D eigenvalue weighted by atomic mass is 10.4. The van der Waals surface area contributed by atoms with Crippen LogP contribution in [0, 0.1) is 0 Å². The second-order valence-electron chi connectivity index (χ2n) is 7.26. The van der Waals surface area contributed by atoms with Crippen molar-refractivity contribution < 1.29 is 0 Å².